The molecule has 3 rings (SSSR count). The summed E-state index contributed by atoms with van der Waals surface area (Å²) in [5.41, 5.74) is -0.959. The molecule has 1 heterocycles. The highest BCUT2D eigenvalue weighted by Gasteiger charge is 2.50. The van der Waals surface area contributed by atoms with Gasteiger partial charge in [0, 0.05) is 24.4 Å². The van der Waals surface area contributed by atoms with E-state index in [1.165, 1.54) is 26.7 Å². The van der Waals surface area contributed by atoms with Crippen molar-refractivity contribution in [2.45, 2.75) is 77.1 Å². The van der Waals surface area contributed by atoms with Crippen LogP contribution in [0.5, 0.6) is 11.5 Å². The number of amides is 1. The molecule has 2 aliphatic rings. The summed E-state index contributed by atoms with van der Waals surface area (Å²) < 4.78 is 11.8. The van der Waals surface area contributed by atoms with Crippen LogP contribution < -0.4 is 9.47 Å². The first-order chi connectivity index (χ1) is 13.6. The van der Waals surface area contributed by atoms with E-state index < -0.39 is 17.1 Å². The zero-order valence-electron chi connectivity index (χ0n) is 18.3. The van der Waals surface area contributed by atoms with Crippen molar-refractivity contribution in [3.63, 3.8) is 0 Å². The molecule has 1 amide bonds. The van der Waals surface area contributed by atoms with Crippen molar-refractivity contribution in [3.8, 4) is 11.5 Å². The summed E-state index contributed by atoms with van der Waals surface area (Å²) >= 11 is 0. The van der Waals surface area contributed by atoms with Crippen LogP contribution in [0.25, 0.3) is 0 Å². The standard InChI is InChI=1S/C23H35NO5/c1-15(25)23(4)14-24(21(26)22(2,3)27)13-18(23)16-10-11-19(28-5)20(12-16)29-17-8-6-7-9-17/h10-12,15,17-18,25,27H,6-9,13-14H2,1-5H3. The highest BCUT2D eigenvalue weighted by atomic mass is 16.5. The van der Waals surface area contributed by atoms with Gasteiger partial charge in [0.1, 0.15) is 5.60 Å². The summed E-state index contributed by atoms with van der Waals surface area (Å²) in [6, 6.07) is 5.90. The highest BCUT2D eigenvalue weighted by Crippen LogP contribution is 2.47. The fourth-order valence-electron chi connectivity index (χ4n) is 4.65. The molecular weight excluding hydrogens is 370 g/mol. The highest BCUT2D eigenvalue weighted by molar-refractivity contribution is 5.84. The Bertz CT molecular complexity index is 735. The van der Waals surface area contributed by atoms with Gasteiger partial charge >= 0.3 is 0 Å². The van der Waals surface area contributed by atoms with Gasteiger partial charge in [0.25, 0.3) is 5.91 Å². The van der Waals surface area contributed by atoms with E-state index in [2.05, 4.69) is 0 Å². The number of likely N-dealkylation sites (tertiary alicyclic amines) is 1. The van der Waals surface area contributed by atoms with E-state index in [0.29, 0.717) is 18.8 Å². The van der Waals surface area contributed by atoms with E-state index in [1.807, 2.05) is 25.1 Å². The first kappa shape index (κ1) is 21.9. The van der Waals surface area contributed by atoms with Crippen molar-refractivity contribution in [2.24, 2.45) is 5.41 Å². The molecule has 1 aliphatic heterocycles. The Morgan fingerprint density at radius 2 is 1.93 bits per heavy atom. The summed E-state index contributed by atoms with van der Waals surface area (Å²) in [5.74, 6) is 1.02. The van der Waals surface area contributed by atoms with E-state index in [0.717, 1.165) is 24.2 Å². The fraction of sp³-hybridized carbons (Fsp3) is 0.696. The average molecular weight is 406 g/mol. The summed E-state index contributed by atoms with van der Waals surface area (Å²) in [5, 5.41) is 20.8. The molecule has 162 valence electrons. The van der Waals surface area contributed by atoms with Gasteiger partial charge in [-0.2, -0.15) is 0 Å². The second-order valence-electron chi connectivity index (χ2n) is 9.41. The lowest BCUT2D eigenvalue weighted by atomic mass is 9.72. The van der Waals surface area contributed by atoms with E-state index in [9.17, 15) is 15.0 Å². The summed E-state index contributed by atoms with van der Waals surface area (Å²) in [6.07, 6.45) is 4.06. The van der Waals surface area contributed by atoms with Gasteiger partial charge in [-0.25, -0.2) is 0 Å². The topological polar surface area (TPSA) is 79.2 Å². The molecule has 0 bridgehead atoms. The van der Waals surface area contributed by atoms with Crippen LogP contribution in [0.1, 0.15) is 64.9 Å². The second kappa shape index (κ2) is 8.15. The SMILES string of the molecule is COc1ccc(C2CN(C(=O)C(C)(C)O)CC2(C)C(C)O)cc1OC1CCCC1. The molecule has 0 spiro atoms. The van der Waals surface area contributed by atoms with Gasteiger partial charge in [0.2, 0.25) is 0 Å². The maximum absolute atomic E-state index is 12.7. The monoisotopic (exact) mass is 405 g/mol. The van der Waals surface area contributed by atoms with E-state index in [4.69, 9.17) is 9.47 Å². The number of aliphatic hydroxyl groups is 2. The number of aliphatic hydroxyl groups excluding tert-OH is 1. The predicted molar refractivity (Wildman–Crippen MR) is 111 cm³/mol. The molecule has 1 aliphatic carbocycles. The Morgan fingerprint density at radius 1 is 1.28 bits per heavy atom. The molecule has 2 fully saturated rings. The van der Waals surface area contributed by atoms with E-state index in [1.54, 1.807) is 18.9 Å². The van der Waals surface area contributed by atoms with Crippen LogP contribution in [0.15, 0.2) is 18.2 Å². The summed E-state index contributed by atoms with van der Waals surface area (Å²) in [7, 11) is 1.63. The first-order valence-corrected chi connectivity index (χ1v) is 10.6. The molecule has 1 saturated heterocycles. The Kier molecular flexibility index (Phi) is 6.16. The van der Waals surface area contributed by atoms with Crippen LogP contribution >= 0.6 is 0 Å². The van der Waals surface area contributed by atoms with Gasteiger partial charge < -0.3 is 24.6 Å². The lowest BCUT2D eigenvalue weighted by molar-refractivity contribution is -0.147. The predicted octanol–water partition coefficient (Wildman–Crippen LogP) is 3.10. The number of rotatable bonds is 6. The second-order valence-corrected chi connectivity index (χ2v) is 9.41. The van der Waals surface area contributed by atoms with Gasteiger partial charge in [0.15, 0.2) is 11.5 Å². The van der Waals surface area contributed by atoms with Crippen molar-refractivity contribution < 1.29 is 24.5 Å². The molecular formula is C23H35NO5. The van der Waals surface area contributed by atoms with Crippen molar-refractivity contribution in [1.82, 2.24) is 4.90 Å². The van der Waals surface area contributed by atoms with Crippen LogP contribution in [-0.4, -0.2) is 59.0 Å². The van der Waals surface area contributed by atoms with Crippen molar-refractivity contribution in [2.75, 3.05) is 20.2 Å². The molecule has 0 radical (unpaired) electrons. The Labute approximate surface area is 173 Å². The smallest absolute Gasteiger partial charge is 0.253 e. The maximum Gasteiger partial charge on any atom is 0.253 e. The third-order valence-corrected chi connectivity index (χ3v) is 6.68. The summed E-state index contributed by atoms with van der Waals surface area (Å²) in [6.45, 7) is 7.61. The zero-order valence-corrected chi connectivity index (χ0v) is 18.3. The van der Waals surface area contributed by atoms with Gasteiger partial charge in [-0.1, -0.05) is 13.0 Å². The van der Waals surface area contributed by atoms with Gasteiger partial charge in [-0.3, -0.25) is 4.79 Å². The average Bonchev–Trinajstić information content (AvgIpc) is 3.28. The van der Waals surface area contributed by atoms with Gasteiger partial charge in [-0.05, 0) is 64.2 Å². The minimum absolute atomic E-state index is 0.0781. The number of carbonyl (C=O) groups excluding carboxylic acids is 1. The quantitative estimate of drug-likeness (QED) is 0.760. The number of hydrogen-bond donors (Lipinski definition) is 2. The summed E-state index contributed by atoms with van der Waals surface area (Å²) in [4.78, 5) is 14.4. The lowest BCUT2D eigenvalue weighted by Gasteiger charge is -2.34. The minimum atomic E-state index is -1.44. The third kappa shape index (κ3) is 4.38. The van der Waals surface area contributed by atoms with Gasteiger partial charge in [0.05, 0.1) is 19.3 Å². The Balaban J connectivity index is 1.93. The molecule has 1 saturated carbocycles. The van der Waals surface area contributed by atoms with Crippen LogP contribution in [0.2, 0.25) is 0 Å². The largest absolute Gasteiger partial charge is 0.493 e. The fourth-order valence-corrected chi connectivity index (χ4v) is 4.65. The zero-order chi connectivity index (χ0) is 21.4. The lowest BCUT2D eigenvalue weighted by Crippen LogP contribution is -2.45. The molecule has 1 aromatic rings. The molecule has 6 nitrogen and oxygen atoms in total. The first-order valence-electron chi connectivity index (χ1n) is 10.6. The normalized spacial score (nSPS) is 26.6. The molecule has 3 unspecified atom stereocenters. The molecule has 2 N–H and O–H groups in total. The maximum atomic E-state index is 12.7. The molecule has 1 aromatic carbocycles. The molecule has 0 aromatic heterocycles. The van der Waals surface area contributed by atoms with Crippen molar-refractivity contribution >= 4 is 5.91 Å². The number of hydrogen-bond acceptors (Lipinski definition) is 5. The van der Waals surface area contributed by atoms with Crippen molar-refractivity contribution in [3.05, 3.63) is 23.8 Å². The number of carbonyl (C=O) groups is 1. The van der Waals surface area contributed by atoms with Crippen LogP contribution in [0.3, 0.4) is 0 Å². The number of ether oxygens (including phenoxy) is 2. The molecule has 6 heteroatoms. The number of benzene rings is 1. The Hall–Kier alpha value is -1.79. The molecule has 3 atom stereocenters. The minimum Gasteiger partial charge on any atom is -0.493 e. The number of methoxy groups -OCH3 is 1. The third-order valence-electron chi connectivity index (χ3n) is 6.68. The Morgan fingerprint density at radius 3 is 2.48 bits per heavy atom. The van der Waals surface area contributed by atoms with E-state index in [-0.39, 0.29) is 17.9 Å². The van der Waals surface area contributed by atoms with Crippen LogP contribution in [-0.2, 0) is 4.79 Å². The van der Waals surface area contributed by atoms with Gasteiger partial charge in [-0.15, -0.1) is 0 Å². The number of nitrogens with zero attached hydrogens (tertiary/aromatic N) is 1. The van der Waals surface area contributed by atoms with Crippen LogP contribution in [0.4, 0.5) is 0 Å². The van der Waals surface area contributed by atoms with Crippen molar-refractivity contribution in [1.29, 1.82) is 0 Å². The van der Waals surface area contributed by atoms with E-state index >= 15 is 0 Å². The molecule has 29 heavy (non-hydrogen) atoms. The van der Waals surface area contributed by atoms with Crippen LogP contribution in [0, 0.1) is 5.41 Å².